The van der Waals surface area contributed by atoms with Crippen molar-refractivity contribution in [1.29, 1.82) is 10.5 Å². The van der Waals surface area contributed by atoms with Crippen molar-refractivity contribution in [1.82, 2.24) is 51.5 Å². The molecule has 0 bridgehead atoms. The summed E-state index contributed by atoms with van der Waals surface area (Å²) in [5.41, 5.74) is -4.13. The van der Waals surface area contributed by atoms with Gasteiger partial charge >= 0.3 is 12.1 Å². The number of piperidine rings is 2. The topological polar surface area (TPSA) is 279 Å². The molecule has 16 unspecified atom stereocenters. The molecule has 10 amide bonds. The number of likely N-dealkylation sites (tertiary alicyclic amines) is 4. The summed E-state index contributed by atoms with van der Waals surface area (Å²) in [6.45, 7) is 21.5. The number of carbonyl (C=O) groups is 8. The third kappa shape index (κ3) is 9.74. The summed E-state index contributed by atoms with van der Waals surface area (Å²) in [6, 6.07) is -2.41. The van der Waals surface area contributed by atoms with Crippen LogP contribution in [-0.2, 0) is 33.5 Å². The smallest absolute Gasteiger partial charge is 0.318 e. The minimum atomic E-state index is -2.73. The summed E-state index contributed by atoms with van der Waals surface area (Å²) in [5.74, 6) is -6.37. The van der Waals surface area contributed by atoms with E-state index in [0.717, 1.165) is 12.8 Å². The van der Waals surface area contributed by atoms with E-state index in [1.54, 1.807) is 9.80 Å². The molecule has 23 heteroatoms. The summed E-state index contributed by atoms with van der Waals surface area (Å²) in [7, 11) is 0. The Hall–Kier alpha value is -5.84. The van der Waals surface area contributed by atoms with Crippen LogP contribution >= 0.6 is 0 Å². The number of hydrogen-bond acceptors (Lipinski definition) is 11. The molecular formula is C61H86F2N12O9. The van der Waals surface area contributed by atoms with Gasteiger partial charge in [-0.05, 0) is 103 Å². The first-order valence-corrected chi connectivity index (χ1v) is 30.9. The van der Waals surface area contributed by atoms with Gasteiger partial charge in [0.1, 0.15) is 36.3 Å². The van der Waals surface area contributed by atoms with E-state index in [1.807, 2.05) is 55.4 Å². The normalized spacial score (nSPS) is 37.4. The standard InChI is InChI=1S/C61H86F2N12O9/c1-53(2,3)43(68-51(82)72-15-13-57(29-72)27-61(62,63)28-57)49(80)74-25-37-40(55(37,7)8)42(74)48(79)67-34(23-65)18-32-20-59(71-46(32)77)21-35(59)36-24-73(30-60(36)14-16-84-60)52(83)69-44(54(4,5)6)50(81)75-26-38-39(56(38,9)10)41(75)47(78)66-33(22-64)17-31-19-58(11-12-58)70-45(31)76/h31-44H,11-21,24-30H2,1-10H3,(H,66,78)(H,67,79)(H,68,82)(H,69,83)(H,70,76)(H,71,77). The average molecular weight is 1170 g/mol. The van der Waals surface area contributed by atoms with Crippen LogP contribution in [0, 0.1) is 97.1 Å². The van der Waals surface area contributed by atoms with E-state index in [9.17, 15) is 57.7 Å². The van der Waals surface area contributed by atoms with Crippen molar-refractivity contribution >= 4 is 47.5 Å². The predicted octanol–water partition coefficient (Wildman–Crippen LogP) is 3.77. The Morgan fingerprint density at radius 2 is 1.13 bits per heavy atom. The lowest BCUT2D eigenvalue weighted by molar-refractivity contribution is -0.165. The van der Waals surface area contributed by atoms with Crippen molar-refractivity contribution in [3.63, 3.8) is 0 Å². The molecule has 12 rings (SSSR count). The highest BCUT2D eigenvalue weighted by Gasteiger charge is 2.73. The Morgan fingerprint density at radius 1 is 0.643 bits per heavy atom. The molecule has 7 saturated heterocycles. The highest BCUT2D eigenvalue weighted by Crippen LogP contribution is 2.67. The summed E-state index contributed by atoms with van der Waals surface area (Å²) in [6.07, 6.45) is 4.33. The number of nitrogens with zero attached hydrogens (tertiary/aromatic N) is 6. The predicted molar refractivity (Wildman–Crippen MR) is 297 cm³/mol. The van der Waals surface area contributed by atoms with E-state index in [-0.39, 0.29) is 121 Å². The van der Waals surface area contributed by atoms with Gasteiger partial charge in [-0.15, -0.1) is 0 Å². The first-order valence-electron chi connectivity index (χ1n) is 30.9. The number of halogens is 2. The molecule has 12 fully saturated rings. The molecule has 7 aliphatic heterocycles. The zero-order valence-electron chi connectivity index (χ0n) is 50.4. The van der Waals surface area contributed by atoms with E-state index in [1.165, 1.54) is 9.80 Å². The highest BCUT2D eigenvalue weighted by molar-refractivity contribution is 5.95. The van der Waals surface area contributed by atoms with Crippen molar-refractivity contribution in [2.75, 3.05) is 45.9 Å². The van der Waals surface area contributed by atoms with Gasteiger partial charge in [0.25, 0.3) is 0 Å². The molecule has 16 atom stereocenters. The Labute approximate surface area is 490 Å². The maximum atomic E-state index is 14.9. The molecule has 6 N–H and O–H groups in total. The van der Waals surface area contributed by atoms with Crippen LogP contribution in [0.1, 0.15) is 140 Å². The second-order valence-corrected chi connectivity index (χ2v) is 31.7. The molecule has 21 nitrogen and oxygen atoms in total. The quantitative estimate of drug-likeness (QED) is 0.154. The van der Waals surface area contributed by atoms with Gasteiger partial charge in [0.15, 0.2) is 0 Å². The minimum Gasteiger partial charge on any atom is -0.373 e. The number of fused-ring (bicyclic) bond motifs is 2. The lowest BCUT2D eigenvalue weighted by Crippen LogP contribution is -2.61. The van der Waals surface area contributed by atoms with Gasteiger partial charge in [0.05, 0.1) is 30.9 Å². The molecule has 458 valence electrons. The third-order valence-corrected chi connectivity index (χ3v) is 23.2. The number of rotatable bonds is 13. The Bertz CT molecular complexity index is 2930. The number of nitrogens with one attached hydrogen (secondary N) is 6. The van der Waals surface area contributed by atoms with Crippen molar-refractivity contribution in [3.05, 3.63) is 0 Å². The lowest BCUT2D eigenvalue weighted by Gasteiger charge is -2.44. The van der Waals surface area contributed by atoms with Gasteiger partial charge in [-0.3, -0.25) is 28.8 Å². The van der Waals surface area contributed by atoms with Crippen molar-refractivity contribution in [2.24, 2.45) is 74.4 Å². The molecule has 0 aromatic rings. The van der Waals surface area contributed by atoms with Crippen LogP contribution in [-0.4, -0.2) is 172 Å². The van der Waals surface area contributed by atoms with Crippen LogP contribution < -0.4 is 31.9 Å². The Morgan fingerprint density at radius 3 is 1.57 bits per heavy atom. The third-order valence-electron chi connectivity index (χ3n) is 23.2. The van der Waals surface area contributed by atoms with Gasteiger partial charge in [-0.25, -0.2) is 18.4 Å². The maximum Gasteiger partial charge on any atom is 0.318 e. The minimum absolute atomic E-state index is 0.00348. The molecule has 12 aliphatic rings. The molecule has 0 aromatic carbocycles. The fraction of sp³-hybridized carbons (Fsp3) is 0.836. The van der Waals surface area contributed by atoms with Gasteiger partial charge < -0.3 is 56.2 Å². The second-order valence-electron chi connectivity index (χ2n) is 31.7. The first kappa shape index (κ1) is 58.5. The van der Waals surface area contributed by atoms with E-state index in [0.29, 0.717) is 58.3 Å². The molecule has 5 saturated carbocycles. The van der Waals surface area contributed by atoms with E-state index >= 15 is 0 Å². The molecule has 0 aromatic heterocycles. The summed E-state index contributed by atoms with van der Waals surface area (Å²) < 4.78 is 34.2. The lowest BCUT2D eigenvalue weighted by atomic mass is 9.65. The van der Waals surface area contributed by atoms with Gasteiger partial charge in [-0.1, -0.05) is 69.2 Å². The van der Waals surface area contributed by atoms with E-state index in [4.69, 9.17) is 4.74 Å². The number of alkyl halides is 2. The fourth-order valence-electron chi connectivity index (χ4n) is 17.8. The van der Waals surface area contributed by atoms with Crippen LogP contribution in [0.25, 0.3) is 0 Å². The number of amides is 10. The molecular weight excluding hydrogens is 1080 g/mol. The molecule has 84 heavy (non-hydrogen) atoms. The van der Waals surface area contributed by atoms with Crippen molar-refractivity contribution in [3.8, 4) is 12.1 Å². The molecule has 5 aliphatic carbocycles. The second kappa shape index (κ2) is 19.1. The van der Waals surface area contributed by atoms with Crippen LogP contribution in [0.2, 0.25) is 0 Å². The summed E-state index contributed by atoms with van der Waals surface area (Å²) >= 11 is 0. The molecule has 7 heterocycles. The number of ether oxygens (including phenoxy) is 1. The monoisotopic (exact) mass is 1170 g/mol. The Balaban J connectivity index is 0.671. The number of carbonyl (C=O) groups excluding carboxylic acids is 8. The van der Waals surface area contributed by atoms with Crippen LogP contribution in [0.4, 0.5) is 18.4 Å². The number of nitriles is 2. The largest absolute Gasteiger partial charge is 0.373 e. The fourth-order valence-corrected chi connectivity index (χ4v) is 17.8. The zero-order valence-corrected chi connectivity index (χ0v) is 50.4. The Kier molecular flexibility index (Phi) is 13.3. The van der Waals surface area contributed by atoms with Crippen LogP contribution in [0.5, 0.6) is 0 Å². The SMILES string of the molecule is CC(C)(C)C(NC(=O)N1CCC2(C1)CC(F)(F)C2)C(=O)N1CC2C(C1C(=O)NC(C#N)CC1CC3(CC3C3CN(C(=O)NC(C(=O)N4CC5C(C4C(=O)NC(C#N)CC4CC6(CC6)NC4=O)C5(C)C)C(C)(C)C)CC34CCO4)NC1=O)C2(C)C. The van der Waals surface area contributed by atoms with E-state index < -0.39 is 105 Å². The van der Waals surface area contributed by atoms with Gasteiger partial charge in [0, 0.05) is 86.2 Å². The van der Waals surface area contributed by atoms with Crippen LogP contribution in [0.3, 0.4) is 0 Å². The summed E-state index contributed by atoms with van der Waals surface area (Å²) in [4.78, 5) is 120. The highest BCUT2D eigenvalue weighted by atomic mass is 19.3. The number of hydrogen-bond donors (Lipinski definition) is 6. The first-order chi connectivity index (χ1) is 39.1. The zero-order chi connectivity index (χ0) is 60.6. The molecule has 4 spiro atoms. The number of urea groups is 2. The molecule has 0 radical (unpaired) electrons. The van der Waals surface area contributed by atoms with Gasteiger partial charge in [0.2, 0.25) is 41.4 Å². The van der Waals surface area contributed by atoms with E-state index in [2.05, 4.69) is 57.9 Å². The average Bonchev–Trinajstić information content (AvgIpc) is 2.87. The van der Waals surface area contributed by atoms with Crippen LogP contribution in [0.15, 0.2) is 0 Å². The summed E-state index contributed by atoms with van der Waals surface area (Å²) in [5, 5.41) is 38.9. The van der Waals surface area contributed by atoms with Crippen molar-refractivity contribution < 1.29 is 51.9 Å². The van der Waals surface area contributed by atoms with Crippen molar-refractivity contribution in [2.45, 2.75) is 199 Å². The van der Waals surface area contributed by atoms with Gasteiger partial charge in [-0.2, -0.15) is 10.5 Å². The maximum absolute atomic E-state index is 14.9.